The van der Waals surface area contributed by atoms with Crippen molar-refractivity contribution in [2.45, 2.75) is 42.8 Å². The van der Waals surface area contributed by atoms with Crippen LogP contribution in [-0.2, 0) is 11.4 Å². The topological polar surface area (TPSA) is 69.0 Å². The molecule has 1 heterocycles. The molecule has 0 radical (unpaired) electrons. The predicted octanol–water partition coefficient (Wildman–Crippen LogP) is 3.74. The van der Waals surface area contributed by atoms with Crippen molar-refractivity contribution in [3.63, 3.8) is 0 Å². The number of hydrogen-bond donors (Lipinski definition) is 1. The van der Waals surface area contributed by atoms with Gasteiger partial charge in [0, 0.05) is 11.7 Å². The molecule has 1 amide bonds. The minimum Gasteiger partial charge on any atom is -0.483 e. The van der Waals surface area contributed by atoms with E-state index in [-0.39, 0.29) is 23.5 Å². The van der Waals surface area contributed by atoms with E-state index in [1.54, 1.807) is 18.2 Å². The van der Waals surface area contributed by atoms with Crippen molar-refractivity contribution in [1.29, 1.82) is 0 Å². The molecule has 0 spiro atoms. The van der Waals surface area contributed by atoms with E-state index in [1.807, 2.05) is 41.8 Å². The van der Waals surface area contributed by atoms with Crippen LogP contribution in [0.2, 0.25) is 0 Å². The van der Waals surface area contributed by atoms with Crippen molar-refractivity contribution >= 4 is 17.7 Å². The van der Waals surface area contributed by atoms with E-state index in [0.29, 0.717) is 17.0 Å². The zero-order chi connectivity index (χ0) is 20.2. The van der Waals surface area contributed by atoms with Crippen LogP contribution < -0.4 is 10.1 Å². The van der Waals surface area contributed by atoms with Crippen LogP contribution in [0.5, 0.6) is 5.75 Å². The first-order valence-electron chi connectivity index (χ1n) is 9.46. The summed E-state index contributed by atoms with van der Waals surface area (Å²) in [6, 6.07) is 16.1. The Labute approximate surface area is 172 Å². The first kappa shape index (κ1) is 19.4. The van der Waals surface area contributed by atoms with Crippen molar-refractivity contribution in [2.75, 3.05) is 0 Å². The lowest BCUT2D eigenvalue weighted by molar-refractivity contribution is -0.120. The quantitative estimate of drug-likeness (QED) is 0.571. The smallest absolute Gasteiger partial charge is 0.233 e. The van der Waals surface area contributed by atoms with Gasteiger partial charge in [0.25, 0.3) is 0 Å². The fourth-order valence-corrected chi connectivity index (χ4v) is 3.66. The van der Waals surface area contributed by atoms with Gasteiger partial charge in [-0.15, -0.1) is 10.2 Å². The molecule has 1 aromatic heterocycles. The Balaban J connectivity index is 1.56. The van der Waals surface area contributed by atoms with Gasteiger partial charge in [-0.1, -0.05) is 42.1 Å². The summed E-state index contributed by atoms with van der Waals surface area (Å²) < 4.78 is 21.3. The third kappa shape index (κ3) is 4.76. The van der Waals surface area contributed by atoms with Gasteiger partial charge < -0.3 is 10.1 Å². The van der Waals surface area contributed by atoms with E-state index in [0.717, 1.165) is 18.5 Å². The Morgan fingerprint density at radius 1 is 1.21 bits per heavy atom. The van der Waals surface area contributed by atoms with E-state index >= 15 is 0 Å². The number of ether oxygens (including phenoxy) is 1. The molecule has 2 aromatic carbocycles. The maximum absolute atomic E-state index is 13.9. The lowest BCUT2D eigenvalue weighted by Gasteiger charge is -2.14. The number of hydrogen-bond acceptors (Lipinski definition) is 5. The Morgan fingerprint density at radius 3 is 2.66 bits per heavy atom. The van der Waals surface area contributed by atoms with Crippen LogP contribution in [0.4, 0.5) is 4.39 Å². The van der Waals surface area contributed by atoms with E-state index in [2.05, 4.69) is 15.5 Å². The number of carbonyl (C=O) groups excluding carboxylic acids is 1. The van der Waals surface area contributed by atoms with Gasteiger partial charge in [0.05, 0.1) is 5.25 Å². The molecule has 1 N–H and O–H groups in total. The van der Waals surface area contributed by atoms with Crippen LogP contribution in [-0.4, -0.2) is 32.0 Å². The van der Waals surface area contributed by atoms with Gasteiger partial charge >= 0.3 is 0 Å². The van der Waals surface area contributed by atoms with Crippen LogP contribution in [0.1, 0.15) is 25.6 Å². The highest BCUT2D eigenvalue weighted by Crippen LogP contribution is 2.28. The highest BCUT2D eigenvalue weighted by atomic mass is 32.2. The molecule has 4 rings (SSSR count). The van der Waals surface area contributed by atoms with Crippen molar-refractivity contribution in [3.8, 4) is 11.4 Å². The molecular weight excluding hydrogens is 391 g/mol. The molecule has 150 valence electrons. The van der Waals surface area contributed by atoms with Crippen molar-refractivity contribution in [1.82, 2.24) is 20.1 Å². The average molecular weight is 412 g/mol. The summed E-state index contributed by atoms with van der Waals surface area (Å²) in [4.78, 5) is 12.3. The zero-order valence-corrected chi connectivity index (χ0v) is 16.7. The zero-order valence-electron chi connectivity index (χ0n) is 15.9. The van der Waals surface area contributed by atoms with Gasteiger partial charge in [0.2, 0.25) is 5.91 Å². The van der Waals surface area contributed by atoms with Gasteiger partial charge in [-0.05, 0) is 44.0 Å². The predicted molar refractivity (Wildman–Crippen MR) is 109 cm³/mol. The van der Waals surface area contributed by atoms with Crippen LogP contribution in [0.25, 0.3) is 5.69 Å². The summed E-state index contributed by atoms with van der Waals surface area (Å²) in [7, 11) is 0. The van der Waals surface area contributed by atoms with Crippen LogP contribution in [0, 0.1) is 5.82 Å². The Hall–Kier alpha value is -2.87. The number of aromatic nitrogens is 3. The third-order valence-corrected chi connectivity index (χ3v) is 5.53. The van der Waals surface area contributed by atoms with Crippen LogP contribution in [0.15, 0.2) is 59.8 Å². The van der Waals surface area contributed by atoms with Crippen molar-refractivity contribution < 1.29 is 13.9 Å². The normalized spacial score (nSPS) is 14.4. The molecule has 0 bridgehead atoms. The Kier molecular flexibility index (Phi) is 5.80. The van der Waals surface area contributed by atoms with Crippen LogP contribution in [0.3, 0.4) is 0 Å². The average Bonchev–Trinajstić information content (AvgIpc) is 3.46. The highest BCUT2D eigenvalue weighted by Gasteiger charge is 2.27. The number of nitrogens with zero attached hydrogens (tertiary/aromatic N) is 3. The molecule has 0 saturated heterocycles. The SMILES string of the molecule is CC(Sc1nnc(COc2ccccc2F)n1-c1ccccc1)C(=O)NC1CC1. The standard InChI is InChI=1S/C21H21FN4O2S/c1-14(20(27)23-15-11-12-15)29-21-25-24-19(26(21)16-7-3-2-4-8-16)13-28-18-10-6-5-9-17(18)22/h2-10,14-15H,11-13H2,1H3,(H,23,27). The fourth-order valence-electron chi connectivity index (χ4n) is 2.77. The largest absolute Gasteiger partial charge is 0.483 e. The molecule has 0 aliphatic heterocycles. The molecule has 1 unspecified atom stereocenters. The molecule has 6 nitrogen and oxygen atoms in total. The van der Waals surface area contributed by atoms with E-state index in [9.17, 15) is 9.18 Å². The number of thioether (sulfide) groups is 1. The van der Waals surface area contributed by atoms with Crippen LogP contribution >= 0.6 is 11.8 Å². The van der Waals surface area contributed by atoms with Gasteiger partial charge in [-0.2, -0.15) is 0 Å². The molecule has 1 saturated carbocycles. The first-order valence-corrected chi connectivity index (χ1v) is 10.3. The monoisotopic (exact) mass is 412 g/mol. The van der Waals surface area contributed by atoms with Gasteiger partial charge in [-0.3, -0.25) is 9.36 Å². The van der Waals surface area contributed by atoms with E-state index in [1.165, 1.54) is 17.8 Å². The Bertz CT molecular complexity index is 991. The summed E-state index contributed by atoms with van der Waals surface area (Å²) in [6.07, 6.45) is 2.09. The summed E-state index contributed by atoms with van der Waals surface area (Å²) in [5.74, 6) is 0.237. The number of nitrogens with one attached hydrogen (secondary N) is 1. The molecule has 29 heavy (non-hydrogen) atoms. The molecular formula is C21H21FN4O2S. The maximum atomic E-state index is 13.9. The number of carbonyl (C=O) groups is 1. The lowest BCUT2D eigenvalue weighted by Crippen LogP contribution is -2.32. The molecule has 1 atom stereocenters. The van der Waals surface area contributed by atoms with Gasteiger partial charge in [0.1, 0.15) is 6.61 Å². The number of amides is 1. The minimum absolute atomic E-state index is 0.00994. The molecule has 3 aromatic rings. The second-order valence-electron chi connectivity index (χ2n) is 6.83. The van der Waals surface area contributed by atoms with Gasteiger partial charge in [-0.25, -0.2) is 4.39 Å². The van der Waals surface area contributed by atoms with Gasteiger partial charge in [0.15, 0.2) is 22.5 Å². The van der Waals surface area contributed by atoms with Crippen molar-refractivity contribution in [2.24, 2.45) is 0 Å². The number of rotatable bonds is 8. The number of benzene rings is 2. The minimum atomic E-state index is -0.432. The van der Waals surface area contributed by atoms with E-state index < -0.39 is 5.82 Å². The third-order valence-electron chi connectivity index (χ3n) is 4.48. The first-order chi connectivity index (χ1) is 14.1. The molecule has 8 heteroatoms. The highest BCUT2D eigenvalue weighted by molar-refractivity contribution is 8.00. The fraction of sp³-hybridized carbons (Fsp3) is 0.286. The Morgan fingerprint density at radius 2 is 1.93 bits per heavy atom. The summed E-state index contributed by atoms with van der Waals surface area (Å²) in [5, 5.41) is 11.8. The summed E-state index contributed by atoms with van der Waals surface area (Å²) >= 11 is 1.34. The molecule has 1 aliphatic carbocycles. The summed E-state index contributed by atoms with van der Waals surface area (Å²) in [6.45, 7) is 1.90. The summed E-state index contributed by atoms with van der Waals surface area (Å²) in [5.41, 5.74) is 0.849. The molecule has 1 fully saturated rings. The lowest BCUT2D eigenvalue weighted by atomic mass is 10.3. The number of halogens is 1. The van der Waals surface area contributed by atoms with E-state index in [4.69, 9.17) is 4.74 Å². The van der Waals surface area contributed by atoms with Crippen molar-refractivity contribution in [3.05, 3.63) is 66.2 Å². The second-order valence-corrected chi connectivity index (χ2v) is 8.14. The molecule has 1 aliphatic rings. The number of para-hydroxylation sites is 2. The second kappa shape index (κ2) is 8.65. The maximum Gasteiger partial charge on any atom is 0.233 e.